The molecule has 0 fully saturated rings. The van der Waals surface area contributed by atoms with Crippen molar-refractivity contribution in [1.29, 1.82) is 0 Å². The van der Waals surface area contributed by atoms with Crippen LogP contribution in [0.15, 0.2) is 79.1 Å². The molecule has 0 aliphatic carbocycles. The van der Waals surface area contributed by atoms with Crippen molar-refractivity contribution in [2.45, 2.75) is 0 Å². The minimum absolute atomic E-state index is 0.785. The van der Waals surface area contributed by atoms with Gasteiger partial charge in [0.25, 0.3) is 0 Å². The summed E-state index contributed by atoms with van der Waals surface area (Å²) >= 11 is 0. The smallest absolute Gasteiger partial charge is 0.128 e. The van der Waals surface area contributed by atoms with Gasteiger partial charge in [-0.2, -0.15) is 5.10 Å². The van der Waals surface area contributed by atoms with Crippen LogP contribution in [0.3, 0.4) is 0 Å². The number of rotatable bonds is 4. The molecule has 2 aromatic heterocycles. The predicted molar refractivity (Wildman–Crippen MR) is 96.6 cm³/mol. The molecular formula is C20H16N4O. The summed E-state index contributed by atoms with van der Waals surface area (Å²) in [7, 11) is 1.65. The second-order valence-electron chi connectivity index (χ2n) is 5.50. The van der Waals surface area contributed by atoms with Crippen LogP contribution in [0.25, 0.3) is 28.2 Å². The lowest BCUT2D eigenvalue weighted by molar-refractivity contribution is 0.416. The quantitative estimate of drug-likeness (QED) is 0.568. The van der Waals surface area contributed by atoms with Gasteiger partial charge in [0.15, 0.2) is 0 Å². The highest BCUT2D eigenvalue weighted by Crippen LogP contribution is 2.28. The van der Waals surface area contributed by atoms with Gasteiger partial charge in [0.1, 0.15) is 5.75 Å². The first kappa shape index (κ1) is 15.1. The molecule has 0 saturated heterocycles. The summed E-state index contributed by atoms with van der Waals surface area (Å²) in [6.45, 7) is 0. The summed E-state index contributed by atoms with van der Waals surface area (Å²) in [5, 5.41) is 13.0. The van der Waals surface area contributed by atoms with E-state index in [1.54, 1.807) is 13.3 Å². The zero-order chi connectivity index (χ0) is 17.1. The van der Waals surface area contributed by atoms with E-state index in [2.05, 4.69) is 15.3 Å². The van der Waals surface area contributed by atoms with Crippen molar-refractivity contribution in [3.8, 4) is 34.0 Å². The van der Waals surface area contributed by atoms with Crippen molar-refractivity contribution < 1.29 is 4.74 Å². The van der Waals surface area contributed by atoms with Gasteiger partial charge in [0.05, 0.1) is 24.2 Å². The number of hydrogen-bond donors (Lipinski definition) is 0. The fourth-order valence-corrected chi connectivity index (χ4v) is 2.69. The molecule has 0 atom stereocenters. The molecule has 0 amide bonds. The van der Waals surface area contributed by atoms with Crippen LogP contribution < -0.4 is 4.74 Å². The molecule has 25 heavy (non-hydrogen) atoms. The number of nitrogens with zero attached hydrogens (tertiary/aromatic N) is 4. The molecule has 0 aliphatic heterocycles. The monoisotopic (exact) mass is 328 g/mol. The molecule has 2 heterocycles. The third kappa shape index (κ3) is 2.99. The molecule has 5 nitrogen and oxygen atoms in total. The first-order valence-corrected chi connectivity index (χ1v) is 7.93. The van der Waals surface area contributed by atoms with E-state index in [1.165, 1.54) is 0 Å². The molecule has 0 unspecified atom stereocenters. The highest BCUT2D eigenvalue weighted by molar-refractivity contribution is 5.68. The molecule has 0 radical (unpaired) electrons. The Morgan fingerprint density at radius 3 is 2.24 bits per heavy atom. The molecule has 122 valence electrons. The average Bonchev–Trinajstić information content (AvgIpc) is 3.23. The number of benzene rings is 2. The van der Waals surface area contributed by atoms with Crippen LogP contribution in [0.2, 0.25) is 0 Å². The lowest BCUT2D eigenvalue weighted by Crippen LogP contribution is -1.95. The van der Waals surface area contributed by atoms with E-state index in [-0.39, 0.29) is 0 Å². The van der Waals surface area contributed by atoms with E-state index in [0.717, 1.165) is 34.0 Å². The lowest BCUT2D eigenvalue weighted by atomic mass is 10.1. The first-order chi connectivity index (χ1) is 12.3. The minimum atomic E-state index is 0.785. The SMILES string of the molecule is COc1ccccc1-c1ccc(-c2ccc(-n3cccn3)cc2)nn1. The maximum atomic E-state index is 5.39. The zero-order valence-electron chi connectivity index (χ0n) is 13.7. The Labute approximate surface area is 145 Å². The van der Waals surface area contributed by atoms with Gasteiger partial charge < -0.3 is 4.74 Å². The molecular weight excluding hydrogens is 312 g/mol. The summed E-state index contributed by atoms with van der Waals surface area (Å²) in [6.07, 6.45) is 3.67. The fraction of sp³-hybridized carbons (Fsp3) is 0.0500. The second kappa shape index (κ2) is 6.57. The van der Waals surface area contributed by atoms with Crippen LogP contribution >= 0.6 is 0 Å². The fourth-order valence-electron chi connectivity index (χ4n) is 2.69. The van der Waals surface area contributed by atoms with Gasteiger partial charge in [-0.25, -0.2) is 4.68 Å². The van der Waals surface area contributed by atoms with E-state index in [1.807, 2.05) is 77.6 Å². The van der Waals surface area contributed by atoms with Crippen molar-refractivity contribution in [1.82, 2.24) is 20.0 Å². The van der Waals surface area contributed by atoms with Gasteiger partial charge in [-0.15, -0.1) is 10.2 Å². The van der Waals surface area contributed by atoms with Gasteiger partial charge in [0.2, 0.25) is 0 Å². The summed E-state index contributed by atoms with van der Waals surface area (Å²) in [5.74, 6) is 0.785. The standard InChI is InChI=1S/C20H16N4O/c1-25-20-6-3-2-5-17(20)19-12-11-18(22-23-19)15-7-9-16(10-8-15)24-14-4-13-21-24/h2-14H,1H3. The Morgan fingerprint density at radius 2 is 1.56 bits per heavy atom. The Bertz CT molecular complexity index is 962. The van der Waals surface area contributed by atoms with Crippen LogP contribution in [-0.2, 0) is 0 Å². The number of methoxy groups -OCH3 is 1. The van der Waals surface area contributed by atoms with Gasteiger partial charge >= 0.3 is 0 Å². The van der Waals surface area contributed by atoms with Crippen molar-refractivity contribution in [3.63, 3.8) is 0 Å². The maximum absolute atomic E-state index is 5.39. The summed E-state index contributed by atoms with van der Waals surface area (Å²) in [5.41, 5.74) is 4.56. The minimum Gasteiger partial charge on any atom is -0.496 e. The van der Waals surface area contributed by atoms with E-state index < -0.39 is 0 Å². The van der Waals surface area contributed by atoms with Crippen molar-refractivity contribution >= 4 is 0 Å². The van der Waals surface area contributed by atoms with Crippen molar-refractivity contribution in [3.05, 3.63) is 79.1 Å². The molecule has 4 rings (SSSR count). The van der Waals surface area contributed by atoms with E-state index in [0.29, 0.717) is 0 Å². The van der Waals surface area contributed by atoms with E-state index >= 15 is 0 Å². The number of para-hydroxylation sites is 1. The maximum Gasteiger partial charge on any atom is 0.128 e. The van der Waals surface area contributed by atoms with Crippen molar-refractivity contribution in [2.24, 2.45) is 0 Å². The molecule has 0 aliphatic rings. The zero-order valence-corrected chi connectivity index (χ0v) is 13.7. The third-order valence-corrected chi connectivity index (χ3v) is 3.98. The third-order valence-electron chi connectivity index (χ3n) is 3.98. The highest BCUT2D eigenvalue weighted by Gasteiger charge is 2.08. The molecule has 0 saturated carbocycles. The van der Waals surface area contributed by atoms with E-state index in [9.17, 15) is 0 Å². The van der Waals surface area contributed by atoms with Gasteiger partial charge in [0, 0.05) is 23.5 Å². The van der Waals surface area contributed by atoms with E-state index in [4.69, 9.17) is 4.74 Å². The predicted octanol–water partition coefficient (Wildman–Crippen LogP) is 4.00. The number of hydrogen-bond acceptors (Lipinski definition) is 4. The van der Waals surface area contributed by atoms with Crippen LogP contribution in [0.5, 0.6) is 5.75 Å². The van der Waals surface area contributed by atoms with Gasteiger partial charge in [-0.1, -0.05) is 24.3 Å². The molecule has 2 aromatic carbocycles. The van der Waals surface area contributed by atoms with Gasteiger partial charge in [-0.3, -0.25) is 0 Å². The molecule has 5 heteroatoms. The number of ether oxygens (including phenoxy) is 1. The Hall–Kier alpha value is -3.47. The largest absolute Gasteiger partial charge is 0.496 e. The van der Waals surface area contributed by atoms with Crippen molar-refractivity contribution in [2.75, 3.05) is 7.11 Å². The van der Waals surface area contributed by atoms with Crippen LogP contribution in [0.1, 0.15) is 0 Å². The molecule has 0 spiro atoms. The van der Waals surface area contributed by atoms with Gasteiger partial charge in [-0.05, 0) is 42.5 Å². The Kier molecular flexibility index (Phi) is 3.96. The summed E-state index contributed by atoms with van der Waals surface area (Å²) < 4.78 is 7.21. The Morgan fingerprint density at radius 1 is 0.800 bits per heavy atom. The average molecular weight is 328 g/mol. The highest BCUT2D eigenvalue weighted by atomic mass is 16.5. The topological polar surface area (TPSA) is 52.8 Å². The van der Waals surface area contributed by atoms with Crippen LogP contribution in [0.4, 0.5) is 0 Å². The summed E-state index contributed by atoms with van der Waals surface area (Å²) in [4.78, 5) is 0. The summed E-state index contributed by atoms with van der Waals surface area (Å²) in [6, 6.07) is 21.7. The molecule has 0 bridgehead atoms. The first-order valence-electron chi connectivity index (χ1n) is 7.93. The second-order valence-corrected chi connectivity index (χ2v) is 5.50. The van der Waals surface area contributed by atoms with Crippen LogP contribution in [-0.4, -0.2) is 27.1 Å². The Balaban J connectivity index is 1.62. The molecule has 0 N–H and O–H groups in total. The number of aromatic nitrogens is 4. The molecule has 4 aromatic rings. The lowest BCUT2D eigenvalue weighted by Gasteiger charge is -2.08. The normalized spacial score (nSPS) is 10.6. The van der Waals surface area contributed by atoms with Crippen LogP contribution in [0, 0.1) is 0 Å².